The summed E-state index contributed by atoms with van der Waals surface area (Å²) in [6, 6.07) is 14.0. The van der Waals surface area contributed by atoms with E-state index in [1.165, 1.54) is 0 Å². The summed E-state index contributed by atoms with van der Waals surface area (Å²) in [6.07, 6.45) is 0. The van der Waals surface area contributed by atoms with Crippen LogP contribution in [0.25, 0.3) is 10.8 Å². The fraction of sp³-hybridized carbons (Fsp3) is 0.231. The maximum atomic E-state index is 10.3. The highest BCUT2D eigenvalue weighted by Gasteiger charge is 2.03. The molecule has 1 N–H and O–H groups in total. The summed E-state index contributed by atoms with van der Waals surface area (Å²) in [4.78, 5) is 0. The fourth-order valence-electron chi connectivity index (χ4n) is 1.72. The number of fused-ring (bicyclic) bond motifs is 1. The third-order valence-electron chi connectivity index (χ3n) is 2.54. The SMILES string of the molecule is O=S(=O)(O)OCCOCc1ccc2ccccc2c1. The van der Waals surface area contributed by atoms with Crippen LogP contribution in [0.4, 0.5) is 0 Å². The molecule has 0 spiro atoms. The van der Waals surface area contributed by atoms with Gasteiger partial charge >= 0.3 is 10.4 Å². The lowest BCUT2D eigenvalue weighted by atomic mass is 10.1. The van der Waals surface area contributed by atoms with Gasteiger partial charge in [0.05, 0.1) is 19.8 Å². The minimum absolute atomic E-state index is 0.0899. The van der Waals surface area contributed by atoms with Crippen LogP contribution in [0.15, 0.2) is 42.5 Å². The van der Waals surface area contributed by atoms with E-state index in [4.69, 9.17) is 9.29 Å². The maximum absolute atomic E-state index is 10.3. The molecule has 0 aliphatic carbocycles. The number of hydrogen-bond donors (Lipinski definition) is 1. The van der Waals surface area contributed by atoms with E-state index < -0.39 is 10.4 Å². The van der Waals surface area contributed by atoms with E-state index in [9.17, 15) is 8.42 Å². The molecule has 0 saturated carbocycles. The van der Waals surface area contributed by atoms with Crippen molar-refractivity contribution in [3.63, 3.8) is 0 Å². The Labute approximate surface area is 111 Å². The van der Waals surface area contributed by atoms with Gasteiger partial charge in [0.1, 0.15) is 0 Å². The van der Waals surface area contributed by atoms with Gasteiger partial charge in [0.2, 0.25) is 0 Å². The Morgan fingerprint density at radius 1 is 1.00 bits per heavy atom. The predicted molar refractivity (Wildman–Crippen MR) is 71.1 cm³/mol. The van der Waals surface area contributed by atoms with E-state index in [1.54, 1.807) is 0 Å². The van der Waals surface area contributed by atoms with Crippen molar-refractivity contribution in [2.75, 3.05) is 13.2 Å². The Kier molecular flexibility index (Phi) is 4.49. The first-order chi connectivity index (χ1) is 9.04. The Morgan fingerprint density at radius 2 is 1.74 bits per heavy atom. The van der Waals surface area contributed by atoms with Crippen LogP contribution in [0.5, 0.6) is 0 Å². The smallest absolute Gasteiger partial charge is 0.374 e. The molecule has 0 bridgehead atoms. The lowest BCUT2D eigenvalue weighted by Gasteiger charge is -2.05. The van der Waals surface area contributed by atoms with Gasteiger partial charge in [-0.05, 0) is 22.4 Å². The molecule has 0 saturated heterocycles. The van der Waals surface area contributed by atoms with Crippen molar-refractivity contribution in [1.82, 2.24) is 0 Å². The van der Waals surface area contributed by atoms with Crippen LogP contribution >= 0.6 is 0 Å². The predicted octanol–water partition coefficient (Wildman–Crippen LogP) is 2.18. The minimum Gasteiger partial charge on any atom is -0.374 e. The average molecular weight is 282 g/mol. The molecule has 0 aliphatic heterocycles. The molecule has 0 amide bonds. The molecule has 0 unspecified atom stereocenters. The first kappa shape index (κ1) is 14.0. The lowest BCUT2D eigenvalue weighted by Crippen LogP contribution is -2.09. The van der Waals surface area contributed by atoms with Crippen LogP contribution in [0.3, 0.4) is 0 Å². The van der Waals surface area contributed by atoms with Crippen LogP contribution < -0.4 is 0 Å². The van der Waals surface area contributed by atoms with Crippen LogP contribution in [-0.2, 0) is 25.9 Å². The van der Waals surface area contributed by atoms with Crippen LogP contribution in [0.1, 0.15) is 5.56 Å². The van der Waals surface area contributed by atoms with Gasteiger partial charge in [-0.2, -0.15) is 8.42 Å². The van der Waals surface area contributed by atoms with E-state index >= 15 is 0 Å². The van der Waals surface area contributed by atoms with Gasteiger partial charge in [-0.3, -0.25) is 4.55 Å². The molecule has 0 fully saturated rings. The van der Waals surface area contributed by atoms with Crippen molar-refractivity contribution >= 4 is 21.2 Å². The summed E-state index contributed by atoms with van der Waals surface area (Å²) < 4.78 is 38.3. The Balaban J connectivity index is 1.85. The second-order valence-electron chi connectivity index (χ2n) is 3.98. The summed E-state index contributed by atoms with van der Waals surface area (Å²) in [5.41, 5.74) is 0.991. The second kappa shape index (κ2) is 6.12. The lowest BCUT2D eigenvalue weighted by molar-refractivity contribution is 0.0867. The highest BCUT2D eigenvalue weighted by atomic mass is 32.3. The van der Waals surface area contributed by atoms with E-state index in [1.807, 2.05) is 42.5 Å². The zero-order chi connectivity index (χ0) is 13.7. The number of hydrogen-bond acceptors (Lipinski definition) is 4. The highest BCUT2D eigenvalue weighted by molar-refractivity contribution is 7.80. The monoisotopic (exact) mass is 282 g/mol. The van der Waals surface area contributed by atoms with Gasteiger partial charge in [0, 0.05) is 0 Å². The molecule has 19 heavy (non-hydrogen) atoms. The van der Waals surface area contributed by atoms with Gasteiger partial charge in [0.25, 0.3) is 0 Å². The Hall–Kier alpha value is -1.47. The Bertz CT molecular complexity index is 651. The molecule has 0 radical (unpaired) electrons. The fourth-order valence-corrected chi connectivity index (χ4v) is 2.00. The van der Waals surface area contributed by atoms with Crippen molar-refractivity contribution < 1.29 is 21.9 Å². The third kappa shape index (κ3) is 4.60. The van der Waals surface area contributed by atoms with Gasteiger partial charge in [-0.15, -0.1) is 0 Å². The van der Waals surface area contributed by atoms with Crippen molar-refractivity contribution in [2.45, 2.75) is 6.61 Å². The zero-order valence-electron chi connectivity index (χ0n) is 10.2. The Morgan fingerprint density at radius 3 is 2.47 bits per heavy atom. The van der Waals surface area contributed by atoms with Gasteiger partial charge < -0.3 is 4.74 Å². The largest absolute Gasteiger partial charge is 0.397 e. The van der Waals surface area contributed by atoms with Crippen molar-refractivity contribution in [2.24, 2.45) is 0 Å². The third-order valence-corrected chi connectivity index (χ3v) is 3.01. The summed E-state index contributed by atoms with van der Waals surface area (Å²) in [6.45, 7) is 0.249. The van der Waals surface area contributed by atoms with Crippen LogP contribution in [0.2, 0.25) is 0 Å². The van der Waals surface area contributed by atoms with Crippen LogP contribution in [-0.4, -0.2) is 26.2 Å². The molecule has 0 atom stereocenters. The second-order valence-corrected chi connectivity index (χ2v) is 5.07. The van der Waals surface area contributed by atoms with E-state index in [-0.39, 0.29) is 13.2 Å². The molecule has 102 valence electrons. The molecule has 0 aliphatic rings. The van der Waals surface area contributed by atoms with Crippen molar-refractivity contribution in [3.05, 3.63) is 48.0 Å². The summed E-state index contributed by atoms with van der Waals surface area (Å²) >= 11 is 0. The first-order valence-corrected chi connectivity index (χ1v) is 7.08. The topological polar surface area (TPSA) is 72.8 Å². The summed E-state index contributed by atoms with van der Waals surface area (Å²) in [7, 11) is -4.38. The molecule has 0 heterocycles. The van der Waals surface area contributed by atoms with E-state index in [2.05, 4.69) is 4.18 Å². The van der Waals surface area contributed by atoms with Gasteiger partial charge in [-0.1, -0.05) is 36.4 Å². The first-order valence-electron chi connectivity index (χ1n) is 5.72. The van der Waals surface area contributed by atoms with Crippen molar-refractivity contribution in [3.8, 4) is 0 Å². The summed E-state index contributed by atoms with van der Waals surface area (Å²) in [5, 5.41) is 2.28. The van der Waals surface area contributed by atoms with Crippen LogP contribution in [0, 0.1) is 0 Å². The number of benzene rings is 2. The standard InChI is InChI=1S/C13H14O5S/c14-19(15,16)18-8-7-17-10-11-5-6-12-3-1-2-4-13(12)9-11/h1-6,9H,7-8,10H2,(H,14,15,16). The van der Waals surface area contributed by atoms with Gasteiger partial charge in [0.15, 0.2) is 0 Å². The average Bonchev–Trinajstić information content (AvgIpc) is 2.37. The highest BCUT2D eigenvalue weighted by Crippen LogP contribution is 2.16. The minimum atomic E-state index is -4.38. The molecule has 5 nitrogen and oxygen atoms in total. The molecular formula is C13H14O5S. The molecule has 6 heteroatoms. The molecule has 0 aromatic heterocycles. The van der Waals surface area contributed by atoms with E-state index in [0.717, 1.165) is 16.3 Å². The van der Waals surface area contributed by atoms with E-state index in [0.29, 0.717) is 6.61 Å². The van der Waals surface area contributed by atoms with Gasteiger partial charge in [-0.25, -0.2) is 4.18 Å². The summed E-state index contributed by atoms with van der Waals surface area (Å²) in [5.74, 6) is 0. The zero-order valence-corrected chi connectivity index (χ0v) is 11.0. The van der Waals surface area contributed by atoms with Crippen molar-refractivity contribution in [1.29, 1.82) is 0 Å². The molecule has 2 aromatic rings. The number of rotatable bonds is 6. The number of ether oxygens (including phenoxy) is 1. The quantitative estimate of drug-likeness (QED) is 0.649. The maximum Gasteiger partial charge on any atom is 0.397 e. The molecule has 2 rings (SSSR count). The molecular weight excluding hydrogens is 268 g/mol. The normalized spacial score (nSPS) is 11.8. The molecule has 2 aromatic carbocycles.